The van der Waals surface area contributed by atoms with E-state index in [9.17, 15) is 22.0 Å². The van der Waals surface area contributed by atoms with E-state index in [2.05, 4.69) is 4.74 Å². The number of nitrogens with zero attached hydrogens (tertiary/aromatic N) is 2. The lowest BCUT2D eigenvalue weighted by molar-refractivity contribution is -0.154. The Hall–Kier alpha value is -2.61. The molecule has 0 unspecified atom stereocenters. The van der Waals surface area contributed by atoms with Crippen LogP contribution in [0.1, 0.15) is 5.56 Å². The summed E-state index contributed by atoms with van der Waals surface area (Å²) < 4.78 is 66.5. The van der Waals surface area contributed by atoms with E-state index >= 15 is 0 Å². The van der Waals surface area contributed by atoms with Crippen LogP contribution in [0.15, 0.2) is 17.7 Å². The van der Waals surface area contributed by atoms with Crippen LogP contribution in [0.4, 0.5) is 22.0 Å². The zero-order valence-corrected chi connectivity index (χ0v) is 9.63. The molecule has 0 aliphatic rings. The van der Waals surface area contributed by atoms with E-state index < -0.39 is 35.7 Å². The molecule has 0 saturated heterocycles. The van der Waals surface area contributed by atoms with Crippen LogP contribution in [0.5, 0.6) is 5.75 Å². The van der Waals surface area contributed by atoms with Gasteiger partial charge >= 0.3 is 6.18 Å². The summed E-state index contributed by atoms with van der Waals surface area (Å²) in [4.78, 5) is 0. The number of hydrogen-bond donors (Lipinski definition) is 0. The molecule has 0 spiro atoms. The topological polar surface area (TPSA) is 56.8 Å². The molecule has 0 aromatic heterocycles. The van der Waals surface area contributed by atoms with E-state index in [0.717, 1.165) is 6.08 Å². The Bertz CT molecular complexity index is 583. The van der Waals surface area contributed by atoms with Gasteiger partial charge in [-0.25, -0.2) is 8.78 Å². The smallest absolute Gasteiger partial charge is 0.422 e. The normalized spacial score (nSPS) is 10.3. The van der Waals surface area contributed by atoms with Crippen LogP contribution in [0.3, 0.4) is 0 Å². The second kappa shape index (κ2) is 6.02. The molecular weight excluding hydrogens is 283 g/mol. The molecule has 0 aliphatic carbocycles. The summed E-state index contributed by atoms with van der Waals surface area (Å²) in [6, 6.07) is 4.26. The van der Waals surface area contributed by atoms with Crippen LogP contribution < -0.4 is 4.74 Å². The molecule has 0 amide bonds. The van der Waals surface area contributed by atoms with Gasteiger partial charge in [0.25, 0.3) is 0 Å². The fourth-order valence-corrected chi connectivity index (χ4v) is 1.21. The Kier molecular flexibility index (Phi) is 4.65. The Morgan fingerprint density at radius 2 is 1.65 bits per heavy atom. The summed E-state index contributed by atoms with van der Waals surface area (Å²) >= 11 is 0. The van der Waals surface area contributed by atoms with Gasteiger partial charge in [-0.3, -0.25) is 0 Å². The van der Waals surface area contributed by atoms with Crippen LogP contribution in [0, 0.1) is 34.3 Å². The number of hydrogen-bond acceptors (Lipinski definition) is 3. The predicted octanol–water partition coefficient (Wildman–Crippen LogP) is 3.34. The number of allylic oxidation sites excluding steroid dienone is 1. The molecule has 20 heavy (non-hydrogen) atoms. The zero-order valence-electron chi connectivity index (χ0n) is 9.63. The number of ether oxygens (including phenoxy) is 1. The number of benzene rings is 1. The van der Waals surface area contributed by atoms with E-state index in [1.54, 1.807) is 0 Å². The molecule has 104 valence electrons. The minimum atomic E-state index is -4.73. The monoisotopic (exact) mass is 288 g/mol. The highest BCUT2D eigenvalue weighted by molar-refractivity contribution is 5.62. The van der Waals surface area contributed by atoms with Crippen LogP contribution in [-0.2, 0) is 0 Å². The van der Waals surface area contributed by atoms with Gasteiger partial charge in [0, 0.05) is 0 Å². The molecule has 8 heteroatoms. The minimum absolute atomic E-state index is 0.183. The Labute approximate surface area is 110 Å². The van der Waals surface area contributed by atoms with Gasteiger partial charge < -0.3 is 4.74 Å². The van der Waals surface area contributed by atoms with Gasteiger partial charge in [-0.05, 0) is 23.8 Å². The third kappa shape index (κ3) is 4.25. The quantitative estimate of drug-likeness (QED) is 0.633. The van der Waals surface area contributed by atoms with Crippen molar-refractivity contribution in [3.63, 3.8) is 0 Å². The molecular formula is C12H5F5N2O. The number of rotatable bonds is 3. The summed E-state index contributed by atoms with van der Waals surface area (Å²) in [6.07, 6.45) is -3.84. The fourth-order valence-electron chi connectivity index (χ4n) is 1.21. The standard InChI is InChI=1S/C12H5F5N2O/c13-9-2-7(1-8(4-18)5-19)3-10(14)11(9)20-6-12(15,16)17/h1-3H,6H2. The number of nitriles is 2. The highest BCUT2D eigenvalue weighted by atomic mass is 19.4. The van der Waals surface area contributed by atoms with Crippen molar-refractivity contribution in [1.29, 1.82) is 10.5 Å². The van der Waals surface area contributed by atoms with Gasteiger partial charge in [0.1, 0.15) is 17.7 Å². The van der Waals surface area contributed by atoms with Crippen molar-refractivity contribution >= 4 is 6.08 Å². The van der Waals surface area contributed by atoms with Crippen molar-refractivity contribution < 1.29 is 26.7 Å². The second-order valence-corrected chi connectivity index (χ2v) is 3.50. The maximum absolute atomic E-state index is 13.4. The molecule has 0 radical (unpaired) electrons. The molecule has 0 N–H and O–H groups in total. The van der Waals surface area contributed by atoms with Crippen molar-refractivity contribution in [2.75, 3.05) is 6.61 Å². The molecule has 3 nitrogen and oxygen atoms in total. The van der Waals surface area contributed by atoms with Crippen molar-refractivity contribution in [2.45, 2.75) is 6.18 Å². The highest BCUT2D eigenvalue weighted by Crippen LogP contribution is 2.26. The maximum Gasteiger partial charge on any atom is 0.422 e. The van der Waals surface area contributed by atoms with Crippen LogP contribution in [0.2, 0.25) is 0 Å². The molecule has 0 aliphatic heterocycles. The van der Waals surface area contributed by atoms with Gasteiger partial charge in [-0.1, -0.05) is 0 Å². The molecule has 1 rings (SSSR count). The molecule has 0 fully saturated rings. The van der Waals surface area contributed by atoms with Gasteiger partial charge in [0.2, 0.25) is 0 Å². The van der Waals surface area contributed by atoms with Crippen molar-refractivity contribution in [1.82, 2.24) is 0 Å². The molecule has 1 aromatic carbocycles. The molecule has 0 heterocycles. The van der Waals surface area contributed by atoms with E-state index in [1.165, 1.54) is 12.1 Å². The Morgan fingerprint density at radius 3 is 2.05 bits per heavy atom. The SMILES string of the molecule is N#CC(C#N)=Cc1cc(F)c(OCC(F)(F)F)c(F)c1. The number of halogens is 5. The first-order valence-corrected chi connectivity index (χ1v) is 4.97. The summed E-state index contributed by atoms with van der Waals surface area (Å²) in [5.74, 6) is -3.90. The molecule has 1 aromatic rings. The zero-order chi connectivity index (χ0) is 15.3. The van der Waals surface area contributed by atoms with Crippen LogP contribution in [0.25, 0.3) is 6.08 Å². The second-order valence-electron chi connectivity index (χ2n) is 3.50. The van der Waals surface area contributed by atoms with Crippen molar-refractivity contribution in [3.05, 3.63) is 34.9 Å². The predicted molar refractivity (Wildman–Crippen MR) is 57.1 cm³/mol. The van der Waals surface area contributed by atoms with Crippen LogP contribution >= 0.6 is 0 Å². The summed E-state index contributed by atoms with van der Waals surface area (Å²) in [6.45, 7) is -1.84. The van der Waals surface area contributed by atoms with E-state index in [-0.39, 0.29) is 5.56 Å². The fraction of sp³-hybridized carbons (Fsp3) is 0.167. The molecule has 0 bridgehead atoms. The van der Waals surface area contributed by atoms with E-state index in [0.29, 0.717) is 12.1 Å². The lowest BCUT2D eigenvalue weighted by atomic mass is 10.1. The Morgan fingerprint density at radius 1 is 1.15 bits per heavy atom. The van der Waals surface area contributed by atoms with Crippen molar-refractivity contribution in [3.8, 4) is 17.9 Å². The lowest BCUT2D eigenvalue weighted by Gasteiger charge is -2.11. The maximum atomic E-state index is 13.4. The number of alkyl halides is 3. The lowest BCUT2D eigenvalue weighted by Crippen LogP contribution is -2.20. The first-order chi connectivity index (χ1) is 9.26. The average Bonchev–Trinajstić information content (AvgIpc) is 2.33. The molecule has 0 atom stereocenters. The van der Waals surface area contributed by atoms with E-state index in [4.69, 9.17) is 10.5 Å². The van der Waals surface area contributed by atoms with Gasteiger partial charge in [0.05, 0.1) is 0 Å². The van der Waals surface area contributed by atoms with Gasteiger partial charge in [-0.2, -0.15) is 23.7 Å². The van der Waals surface area contributed by atoms with Gasteiger partial charge in [-0.15, -0.1) is 0 Å². The average molecular weight is 288 g/mol. The van der Waals surface area contributed by atoms with E-state index in [1.807, 2.05) is 0 Å². The first kappa shape index (κ1) is 15.4. The third-order valence-electron chi connectivity index (χ3n) is 1.95. The Balaban J connectivity index is 3.08. The summed E-state index contributed by atoms with van der Waals surface area (Å²) in [7, 11) is 0. The van der Waals surface area contributed by atoms with Crippen LogP contribution in [-0.4, -0.2) is 12.8 Å². The van der Waals surface area contributed by atoms with Crippen molar-refractivity contribution in [2.24, 2.45) is 0 Å². The molecule has 0 saturated carbocycles. The van der Waals surface area contributed by atoms with Gasteiger partial charge in [0.15, 0.2) is 24.0 Å². The minimum Gasteiger partial charge on any atom is -0.478 e. The summed E-state index contributed by atoms with van der Waals surface area (Å²) in [5, 5.41) is 17.0. The third-order valence-corrected chi connectivity index (χ3v) is 1.95. The summed E-state index contributed by atoms with van der Waals surface area (Å²) in [5.41, 5.74) is -0.592. The first-order valence-electron chi connectivity index (χ1n) is 4.97. The highest BCUT2D eigenvalue weighted by Gasteiger charge is 2.29. The largest absolute Gasteiger partial charge is 0.478 e.